The molecule has 2 aromatic heterocycles. The maximum atomic E-state index is 10.3. The van der Waals surface area contributed by atoms with E-state index in [-0.39, 0.29) is 0 Å². The van der Waals surface area contributed by atoms with Crippen LogP contribution in [0.25, 0.3) is 11.5 Å². The fourth-order valence-corrected chi connectivity index (χ4v) is 2.72. The van der Waals surface area contributed by atoms with Crippen molar-refractivity contribution in [3.05, 3.63) is 35.8 Å². The van der Waals surface area contributed by atoms with Crippen molar-refractivity contribution < 1.29 is 5.11 Å². The van der Waals surface area contributed by atoms with Gasteiger partial charge in [-0.25, -0.2) is 4.98 Å². The predicted molar refractivity (Wildman–Crippen MR) is 73.6 cm³/mol. The minimum atomic E-state index is -0.901. The highest BCUT2D eigenvalue weighted by atomic mass is 16.3. The van der Waals surface area contributed by atoms with Crippen molar-refractivity contribution in [1.29, 1.82) is 0 Å². The van der Waals surface area contributed by atoms with E-state index in [0.717, 1.165) is 43.0 Å². The predicted octanol–water partition coefficient (Wildman–Crippen LogP) is 2.51. The zero-order chi connectivity index (χ0) is 13.5. The van der Waals surface area contributed by atoms with E-state index in [1.54, 1.807) is 20.0 Å². The largest absolute Gasteiger partial charge is 0.384 e. The third-order valence-corrected chi connectivity index (χ3v) is 3.59. The minimum absolute atomic E-state index is 0.799. The highest BCUT2D eigenvalue weighted by Gasteiger charge is 2.29. The molecule has 0 aliphatic carbocycles. The molecule has 0 amide bonds. The Bertz CT molecular complexity index is 581. The molecule has 19 heavy (non-hydrogen) atoms. The lowest BCUT2D eigenvalue weighted by Gasteiger charge is -2.21. The number of aliphatic hydroxyl groups is 1. The summed E-state index contributed by atoms with van der Waals surface area (Å²) in [5, 5.41) is 10.3. The van der Waals surface area contributed by atoms with Crippen LogP contribution in [0.2, 0.25) is 0 Å². The van der Waals surface area contributed by atoms with Crippen LogP contribution in [0.15, 0.2) is 24.4 Å². The summed E-state index contributed by atoms with van der Waals surface area (Å²) in [6.45, 7) is 4.56. The summed E-state index contributed by atoms with van der Waals surface area (Å²) < 4.78 is 2.22. The highest BCUT2D eigenvalue weighted by molar-refractivity contribution is 5.52. The van der Waals surface area contributed by atoms with Crippen molar-refractivity contribution in [3.8, 4) is 11.5 Å². The fraction of sp³-hybridized carbons (Fsp3) is 0.467. The van der Waals surface area contributed by atoms with E-state index in [2.05, 4.69) is 14.5 Å². The van der Waals surface area contributed by atoms with Crippen molar-refractivity contribution in [1.82, 2.24) is 14.5 Å². The summed E-state index contributed by atoms with van der Waals surface area (Å²) in [6, 6.07) is 5.84. The van der Waals surface area contributed by atoms with Crippen molar-refractivity contribution >= 4 is 0 Å². The molecule has 0 aromatic carbocycles. The SMILES string of the molecule is CC(C)(O)c1nc(-c2ccccn2)n2c1CCCC2. The molecule has 0 saturated heterocycles. The number of hydrogen-bond acceptors (Lipinski definition) is 3. The summed E-state index contributed by atoms with van der Waals surface area (Å²) in [5.41, 5.74) is 1.94. The Hall–Kier alpha value is -1.68. The molecule has 0 atom stereocenters. The van der Waals surface area contributed by atoms with E-state index >= 15 is 0 Å². The Morgan fingerprint density at radius 2 is 2.11 bits per heavy atom. The summed E-state index contributed by atoms with van der Waals surface area (Å²) in [7, 11) is 0. The Morgan fingerprint density at radius 1 is 1.26 bits per heavy atom. The smallest absolute Gasteiger partial charge is 0.159 e. The number of hydrogen-bond donors (Lipinski definition) is 1. The van der Waals surface area contributed by atoms with Crippen LogP contribution < -0.4 is 0 Å². The molecular weight excluding hydrogens is 238 g/mol. The van der Waals surface area contributed by atoms with E-state index < -0.39 is 5.60 Å². The maximum absolute atomic E-state index is 10.3. The van der Waals surface area contributed by atoms with Crippen LogP contribution in [0.4, 0.5) is 0 Å². The third-order valence-electron chi connectivity index (χ3n) is 3.59. The average Bonchev–Trinajstić information content (AvgIpc) is 2.79. The Labute approximate surface area is 113 Å². The third kappa shape index (κ3) is 2.16. The Kier molecular flexibility index (Phi) is 2.90. The molecule has 3 rings (SSSR count). The molecule has 1 N–H and O–H groups in total. The Balaban J connectivity index is 2.18. The van der Waals surface area contributed by atoms with Gasteiger partial charge in [0.25, 0.3) is 0 Å². The molecule has 0 saturated carbocycles. The molecule has 0 fully saturated rings. The van der Waals surface area contributed by atoms with E-state index in [1.165, 1.54) is 5.69 Å². The first kappa shape index (κ1) is 12.4. The van der Waals surface area contributed by atoms with Gasteiger partial charge in [-0.2, -0.15) is 0 Å². The van der Waals surface area contributed by atoms with Gasteiger partial charge >= 0.3 is 0 Å². The first-order valence-corrected chi connectivity index (χ1v) is 6.81. The van der Waals surface area contributed by atoms with Crippen LogP contribution in [0.5, 0.6) is 0 Å². The van der Waals surface area contributed by atoms with Gasteiger partial charge in [0, 0.05) is 18.4 Å². The van der Waals surface area contributed by atoms with Gasteiger partial charge in [0.1, 0.15) is 11.3 Å². The summed E-state index contributed by atoms with van der Waals surface area (Å²) in [5.74, 6) is 0.882. The molecule has 2 aromatic rings. The lowest BCUT2D eigenvalue weighted by atomic mass is 9.99. The lowest BCUT2D eigenvalue weighted by Crippen LogP contribution is -2.20. The highest BCUT2D eigenvalue weighted by Crippen LogP contribution is 2.31. The topological polar surface area (TPSA) is 50.9 Å². The quantitative estimate of drug-likeness (QED) is 0.899. The normalized spacial score (nSPS) is 15.3. The first-order valence-electron chi connectivity index (χ1n) is 6.81. The second-order valence-electron chi connectivity index (χ2n) is 5.61. The number of nitrogens with zero attached hydrogens (tertiary/aromatic N) is 3. The number of imidazole rings is 1. The average molecular weight is 257 g/mol. The second kappa shape index (κ2) is 4.46. The molecular formula is C15H19N3O. The molecule has 1 aliphatic heterocycles. The zero-order valence-corrected chi connectivity index (χ0v) is 11.4. The summed E-state index contributed by atoms with van der Waals surface area (Å²) in [6.07, 6.45) is 5.09. The molecule has 0 unspecified atom stereocenters. The molecule has 4 heteroatoms. The van der Waals surface area contributed by atoms with Gasteiger partial charge in [-0.1, -0.05) is 6.07 Å². The summed E-state index contributed by atoms with van der Waals surface area (Å²) in [4.78, 5) is 9.07. The van der Waals surface area contributed by atoms with Gasteiger partial charge in [-0.15, -0.1) is 0 Å². The Morgan fingerprint density at radius 3 is 2.79 bits per heavy atom. The number of pyridine rings is 1. The maximum Gasteiger partial charge on any atom is 0.159 e. The van der Waals surface area contributed by atoms with Crippen molar-refractivity contribution in [3.63, 3.8) is 0 Å². The van der Waals surface area contributed by atoms with Gasteiger partial charge in [0.15, 0.2) is 5.82 Å². The zero-order valence-electron chi connectivity index (χ0n) is 11.4. The van der Waals surface area contributed by atoms with Gasteiger partial charge in [0.05, 0.1) is 5.69 Å². The van der Waals surface area contributed by atoms with Crippen molar-refractivity contribution in [2.75, 3.05) is 0 Å². The van der Waals surface area contributed by atoms with E-state index in [0.29, 0.717) is 0 Å². The van der Waals surface area contributed by atoms with Gasteiger partial charge in [-0.05, 0) is 45.2 Å². The molecule has 3 heterocycles. The molecule has 0 bridgehead atoms. The number of fused-ring (bicyclic) bond motifs is 1. The monoisotopic (exact) mass is 257 g/mol. The van der Waals surface area contributed by atoms with Crippen LogP contribution in [0.3, 0.4) is 0 Å². The van der Waals surface area contributed by atoms with Crippen LogP contribution in [-0.2, 0) is 18.6 Å². The minimum Gasteiger partial charge on any atom is -0.384 e. The van der Waals surface area contributed by atoms with E-state index in [1.807, 2.05) is 18.2 Å². The van der Waals surface area contributed by atoms with Gasteiger partial charge in [-0.3, -0.25) is 4.98 Å². The van der Waals surface area contributed by atoms with Gasteiger partial charge in [0.2, 0.25) is 0 Å². The fourth-order valence-electron chi connectivity index (χ4n) is 2.72. The second-order valence-corrected chi connectivity index (χ2v) is 5.61. The molecule has 100 valence electrons. The van der Waals surface area contributed by atoms with Crippen LogP contribution in [0.1, 0.15) is 38.1 Å². The van der Waals surface area contributed by atoms with E-state index in [9.17, 15) is 5.11 Å². The van der Waals surface area contributed by atoms with Crippen LogP contribution in [0, 0.1) is 0 Å². The van der Waals surface area contributed by atoms with Crippen molar-refractivity contribution in [2.24, 2.45) is 0 Å². The van der Waals surface area contributed by atoms with E-state index in [4.69, 9.17) is 0 Å². The van der Waals surface area contributed by atoms with Crippen LogP contribution in [-0.4, -0.2) is 19.6 Å². The van der Waals surface area contributed by atoms with Gasteiger partial charge < -0.3 is 9.67 Å². The standard InChI is InChI=1S/C15H19N3O/c1-15(2,19)13-12-8-4-6-10-18(12)14(17-13)11-7-3-5-9-16-11/h3,5,7,9,19H,4,6,8,10H2,1-2H3. The van der Waals surface area contributed by atoms with Crippen molar-refractivity contribution in [2.45, 2.75) is 45.3 Å². The first-order chi connectivity index (χ1) is 9.07. The molecule has 0 radical (unpaired) electrons. The molecule has 4 nitrogen and oxygen atoms in total. The lowest BCUT2D eigenvalue weighted by molar-refractivity contribution is 0.0729. The number of rotatable bonds is 2. The molecule has 0 spiro atoms. The number of aromatic nitrogens is 3. The summed E-state index contributed by atoms with van der Waals surface area (Å²) >= 11 is 0. The molecule has 1 aliphatic rings. The van der Waals surface area contributed by atoms with Crippen LogP contribution >= 0.6 is 0 Å².